The number of benzene rings is 2. The van der Waals surface area contributed by atoms with Crippen molar-refractivity contribution in [2.45, 2.75) is 39.8 Å². The Kier molecular flexibility index (Phi) is 5.78. The Bertz CT molecular complexity index is 741. The number of aryl methyl sites for hydroxylation is 2. The Hall–Kier alpha value is -2.68. The van der Waals surface area contributed by atoms with E-state index in [0.29, 0.717) is 13.1 Å². The van der Waals surface area contributed by atoms with Gasteiger partial charge in [0.1, 0.15) is 11.5 Å². The third kappa shape index (κ3) is 4.90. The molecule has 2 aromatic carbocycles. The van der Waals surface area contributed by atoms with E-state index in [1.165, 1.54) is 11.1 Å². The Morgan fingerprint density at radius 2 is 1.16 bits per heavy atom. The Morgan fingerprint density at radius 3 is 1.60 bits per heavy atom. The fourth-order valence-electron chi connectivity index (χ4n) is 2.79. The molecule has 3 aromatic rings. The van der Waals surface area contributed by atoms with Crippen LogP contribution in [0, 0.1) is 0 Å². The largest absolute Gasteiger partial charge is 0.462 e. The van der Waals surface area contributed by atoms with Crippen molar-refractivity contribution in [3.8, 4) is 0 Å². The van der Waals surface area contributed by atoms with E-state index in [-0.39, 0.29) is 0 Å². The summed E-state index contributed by atoms with van der Waals surface area (Å²) in [5.41, 5.74) is 4.94. The highest BCUT2D eigenvalue weighted by molar-refractivity contribution is 5.47. The maximum absolute atomic E-state index is 5.92. The molecule has 1 heterocycles. The van der Waals surface area contributed by atoms with Crippen LogP contribution < -0.4 is 10.6 Å². The van der Waals surface area contributed by atoms with Crippen molar-refractivity contribution in [2.75, 3.05) is 10.6 Å². The summed E-state index contributed by atoms with van der Waals surface area (Å²) >= 11 is 0. The first-order chi connectivity index (χ1) is 12.3. The second-order valence-corrected chi connectivity index (χ2v) is 6.18. The molecule has 0 saturated carbocycles. The first-order valence-electron chi connectivity index (χ1n) is 9.00. The predicted molar refractivity (Wildman–Crippen MR) is 105 cm³/mol. The van der Waals surface area contributed by atoms with Crippen LogP contribution in [0.4, 0.5) is 11.4 Å². The van der Waals surface area contributed by atoms with Crippen molar-refractivity contribution in [3.05, 3.63) is 83.3 Å². The Labute approximate surface area is 150 Å². The summed E-state index contributed by atoms with van der Waals surface area (Å²) < 4.78 is 5.92. The molecule has 3 nitrogen and oxygen atoms in total. The topological polar surface area (TPSA) is 37.2 Å². The van der Waals surface area contributed by atoms with Crippen molar-refractivity contribution in [3.63, 3.8) is 0 Å². The van der Waals surface area contributed by atoms with Gasteiger partial charge in [0.05, 0.1) is 13.1 Å². The first kappa shape index (κ1) is 17.2. The lowest BCUT2D eigenvalue weighted by atomic mass is 10.1. The van der Waals surface area contributed by atoms with Crippen molar-refractivity contribution < 1.29 is 4.42 Å². The number of hydrogen-bond acceptors (Lipinski definition) is 3. The van der Waals surface area contributed by atoms with Crippen LogP contribution in [0.5, 0.6) is 0 Å². The van der Waals surface area contributed by atoms with Gasteiger partial charge in [-0.2, -0.15) is 0 Å². The molecule has 0 unspecified atom stereocenters. The molecule has 0 fully saturated rings. The van der Waals surface area contributed by atoms with E-state index < -0.39 is 0 Å². The highest BCUT2D eigenvalue weighted by atomic mass is 16.3. The molecule has 0 spiro atoms. The van der Waals surface area contributed by atoms with Gasteiger partial charge in [0, 0.05) is 11.4 Å². The molecule has 0 radical (unpaired) electrons. The summed E-state index contributed by atoms with van der Waals surface area (Å²) in [5.74, 6) is 1.89. The minimum Gasteiger partial charge on any atom is -0.462 e. The van der Waals surface area contributed by atoms with Crippen LogP contribution in [-0.4, -0.2) is 0 Å². The van der Waals surface area contributed by atoms with Crippen LogP contribution in [0.1, 0.15) is 36.5 Å². The second-order valence-electron chi connectivity index (χ2n) is 6.18. The minimum absolute atomic E-state index is 0.693. The molecule has 0 amide bonds. The van der Waals surface area contributed by atoms with Crippen LogP contribution in [0.3, 0.4) is 0 Å². The van der Waals surface area contributed by atoms with E-state index in [9.17, 15) is 0 Å². The van der Waals surface area contributed by atoms with Crippen LogP contribution >= 0.6 is 0 Å². The summed E-state index contributed by atoms with van der Waals surface area (Å²) in [6.45, 7) is 5.72. The fraction of sp³-hybridized carbons (Fsp3) is 0.273. The van der Waals surface area contributed by atoms with Crippen molar-refractivity contribution in [1.29, 1.82) is 0 Å². The summed E-state index contributed by atoms with van der Waals surface area (Å²) in [6, 6.07) is 21.1. The summed E-state index contributed by atoms with van der Waals surface area (Å²) in [4.78, 5) is 0. The lowest BCUT2D eigenvalue weighted by molar-refractivity contribution is 0.477. The molecule has 3 rings (SSSR count). The molecule has 0 aliphatic rings. The predicted octanol–water partition coefficient (Wildman–Crippen LogP) is 5.63. The zero-order valence-electron chi connectivity index (χ0n) is 15.0. The molecule has 1 aromatic heterocycles. The SMILES string of the molecule is CCc1cccc(NCc2ccc(CNc3cccc(CC)c3)o2)c1. The maximum Gasteiger partial charge on any atom is 0.123 e. The van der Waals surface area contributed by atoms with E-state index >= 15 is 0 Å². The zero-order chi connectivity index (χ0) is 17.5. The normalized spacial score (nSPS) is 10.6. The monoisotopic (exact) mass is 334 g/mol. The lowest BCUT2D eigenvalue weighted by Crippen LogP contribution is -2.00. The molecule has 25 heavy (non-hydrogen) atoms. The van der Waals surface area contributed by atoms with E-state index in [0.717, 1.165) is 35.7 Å². The second kappa shape index (κ2) is 8.43. The third-order valence-corrected chi connectivity index (χ3v) is 4.32. The lowest BCUT2D eigenvalue weighted by Gasteiger charge is -2.07. The zero-order valence-corrected chi connectivity index (χ0v) is 15.0. The molecule has 0 aliphatic heterocycles. The molecule has 3 heteroatoms. The smallest absolute Gasteiger partial charge is 0.123 e. The van der Waals surface area contributed by atoms with Gasteiger partial charge in [0.25, 0.3) is 0 Å². The van der Waals surface area contributed by atoms with E-state index in [1.807, 2.05) is 12.1 Å². The van der Waals surface area contributed by atoms with Crippen LogP contribution in [0.15, 0.2) is 65.1 Å². The average molecular weight is 334 g/mol. The average Bonchev–Trinajstić information content (AvgIpc) is 3.13. The molecule has 0 bridgehead atoms. The molecular weight excluding hydrogens is 308 g/mol. The van der Waals surface area contributed by atoms with Crippen LogP contribution in [0.25, 0.3) is 0 Å². The fourth-order valence-corrected chi connectivity index (χ4v) is 2.79. The Morgan fingerprint density at radius 1 is 0.680 bits per heavy atom. The molecule has 2 N–H and O–H groups in total. The molecule has 130 valence electrons. The first-order valence-corrected chi connectivity index (χ1v) is 9.00. The standard InChI is InChI=1S/C22H26N2O/c1-3-17-7-5-9-19(13-17)23-15-21-11-12-22(25-21)16-24-20-10-6-8-18(4-2)14-20/h5-14,23-24H,3-4,15-16H2,1-2H3. The van der Waals surface area contributed by atoms with E-state index in [2.05, 4.69) is 73.0 Å². The molecule has 0 aliphatic carbocycles. The van der Waals surface area contributed by atoms with Crippen molar-refractivity contribution >= 4 is 11.4 Å². The number of furan rings is 1. The maximum atomic E-state index is 5.92. The third-order valence-electron chi connectivity index (χ3n) is 4.32. The number of anilines is 2. The van der Waals surface area contributed by atoms with Gasteiger partial charge < -0.3 is 15.1 Å². The van der Waals surface area contributed by atoms with Gasteiger partial charge in [0.15, 0.2) is 0 Å². The number of nitrogens with one attached hydrogen (secondary N) is 2. The van der Waals surface area contributed by atoms with Gasteiger partial charge in [-0.25, -0.2) is 0 Å². The molecule has 0 saturated heterocycles. The minimum atomic E-state index is 0.693. The summed E-state index contributed by atoms with van der Waals surface area (Å²) in [7, 11) is 0. The molecular formula is C22H26N2O. The van der Waals surface area contributed by atoms with Gasteiger partial charge in [-0.3, -0.25) is 0 Å². The number of hydrogen-bond donors (Lipinski definition) is 2. The summed E-state index contributed by atoms with van der Waals surface area (Å²) in [6.07, 6.45) is 2.09. The highest BCUT2D eigenvalue weighted by Gasteiger charge is 2.03. The van der Waals surface area contributed by atoms with Crippen LogP contribution in [-0.2, 0) is 25.9 Å². The Balaban J connectivity index is 1.53. The number of rotatable bonds is 8. The van der Waals surface area contributed by atoms with Crippen molar-refractivity contribution in [2.24, 2.45) is 0 Å². The van der Waals surface area contributed by atoms with Crippen LogP contribution in [0.2, 0.25) is 0 Å². The van der Waals surface area contributed by atoms with Gasteiger partial charge in [-0.15, -0.1) is 0 Å². The highest BCUT2D eigenvalue weighted by Crippen LogP contribution is 2.16. The van der Waals surface area contributed by atoms with Gasteiger partial charge in [-0.1, -0.05) is 38.1 Å². The van der Waals surface area contributed by atoms with E-state index in [4.69, 9.17) is 4.42 Å². The van der Waals surface area contributed by atoms with Gasteiger partial charge >= 0.3 is 0 Å². The van der Waals surface area contributed by atoms with E-state index in [1.54, 1.807) is 0 Å². The van der Waals surface area contributed by atoms with Crippen molar-refractivity contribution in [1.82, 2.24) is 0 Å². The van der Waals surface area contributed by atoms with Gasteiger partial charge in [-0.05, 0) is 60.4 Å². The summed E-state index contributed by atoms with van der Waals surface area (Å²) in [5, 5.41) is 6.85. The van der Waals surface area contributed by atoms with Gasteiger partial charge in [0.2, 0.25) is 0 Å². The molecule has 0 atom stereocenters. The quantitative estimate of drug-likeness (QED) is 0.560.